The summed E-state index contributed by atoms with van der Waals surface area (Å²) in [6.07, 6.45) is 10.4. The first-order valence-electron chi connectivity index (χ1n) is 27.6. The third-order valence-corrected chi connectivity index (χ3v) is 23.0. The SMILES string of the molecule is C=C/C=C(\C=C)N(c1ccc(-c2c(=C/C)/c(=C\C)c(-c3cccc(-c4c5ccccc5c(-c5ccc(N(c6ccccc6)c6cc[c]([Ge]([CH3])[CH3])cc6)cc5)c5ccccc45)c3)c3ccccc23)cc1)c1cc[c]([Ge]([CH3])([CH3])[CH3])cc1. The van der Waals surface area contributed by atoms with Crippen LogP contribution < -0.4 is 29.0 Å². The van der Waals surface area contributed by atoms with Crippen molar-refractivity contribution in [3.8, 4) is 44.5 Å². The van der Waals surface area contributed by atoms with Crippen LogP contribution in [0.4, 0.5) is 28.4 Å². The summed E-state index contributed by atoms with van der Waals surface area (Å²) in [5.41, 5.74) is 16.2. The first-order valence-corrected chi connectivity index (χ1v) is 40.1. The minimum absolute atomic E-state index is 0.966. The number of anilines is 5. The number of fused-ring (bicyclic) bond motifs is 3. The second-order valence-electron chi connectivity index (χ2n) is 21.6. The van der Waals surface area contributed by atoms with Crippen LogP contribution in [0, 0.1) is 0 Å². The Bertz CT molecular complexity index is 4170. The number of nitrogens with zero attached hydrogens (tertiary/aromatic N) is 2. The second-order valence-corrected chi connectivity index (χ2v) is 37.7. The maximum atomic E-state index is 4.22. The van der Waals surface area contributed by atoms with Crippen molar-refractivity contribution in [2.45, 2.75) is 42.6 Å². The van der Waals surface area contributed by atoms with Crippen molar-refractivity contribution in [2.24, 2.45) is 0 Å². The van der Waals surface area contributed by atoms with E-state index in [4.69, 9.17) is 0 Å². The van der Waals surface area contributed by atoms with Gasteiger partial charge in [0.05, 0.1) is 0 Å². The first-order chi connectivity index (χ1) is 38.5. The third kappa shape index (κ3) is 10.2. The van der Waals surface area contributed by atoms with E-state index >= 15 is 0 Å². The van der Waals surface area contributed by atoms with Crippen LogP contribution >= 0.6 is 0 Å². The summed E-state index contributed by atoms with van der Waals surface area (Å²) in [6.45, 7) is 12.6. The third-order valence-electron chi connectivity index (χ3n) is 15.5. The van der Waals surface area contributed by atoms with Crippen LogP contribution in [0.2, 0.25) is 28.8 Å². The van der Waals surface area contributed by atoms with E-state index in [9.17, 15) is 0 Å². The molecule has 0 bridgehead atoms. The van der Waals surface area contributed by atoms with E-state index < -0.39 is 27.6 Å². The Morgan fingerprint density at radius 2 is 0.785 bits per heavy atom. The summed E-state index contributed by atoms with van der Waals surface area (Å²) in [5.74, 6) is 12.1. The molecule has 0 N–H and O–H groups in total. The molecule has 0 aliphatic rings. The standard InChI is InChI=1S/C75H67Ge2N2/c1-10-24-58(11-2)78(63-49-41-57(42-50-63)77(7,8)9)60-43-35-52(36-44-60)72-64(12-3)65(13-4)74(69-32-20-17-29-66(69)72)54-25-23-26-55(51-54)75-70-33-21-18-30-67(70)73(68-31-19-22-34-71(68)75)53-37-45-61(46-38-53)79(59-27-15-14-16-28-59)62-47-39-56(40-48-62)76(5)6/h10-51H,1-2H2,3-9H3/b58-24+,64-12+,65-13+. The molecule has 11 aromatic carbocycles. The molecule has 11 aromatic rings. The van der Waals surface area contributed by atoms with E-state index in [-0.39, 0.29) is 0 Å². The van der Waals surface area contributed by atoms with Gasteiger partial charge in [-0.3, -0.25) is 0 Å². The molecule has 0 amide bonds. The van der Waals surface area contributed by atoms with Gasteiger partial charge in [0.2, 0.25) is 0 Å². The molecule has 0 saturated heterocycles. The van der Waals surface area contributed by atoms with Crippen molar-refractivity contribution in [1.82, 2.24) is 0 Å². The topological polar surface area (TPSA) is 6.48 Å². The summed E-state index contributed by atoms with van der Waals surface area (Å²) in [7, 11) is 0. The quantitative estimate of drug-likeness (QED) is 0.0608. The number of allylic oxidation sites excluding steroid dienone is 3. The van der Waals surface area contributed by atoms with Gasteiger partial charge in [0, 0.05) is 0 Å². The van der Waals surface area contributed by atoms with Gasteiger partial charge in [-0.15, -0.1) is 0 Å². The molecule has 0 heterocycles. The zero-order valence-corrected chi connectivity index (χ0v) is 50.8. The average Bonchev–Trinajstić information content (AvgIpc) is 3.65. The predicted octanol–water partition coefficient (Wildman–Crippen LogP) is 18.8. The normalized spacial score (nSPS) is 12.4. The van der Waals surface area contributed by atoms with Crippen LogP contribution in [-0.2, 0) is 0 Å². The molecule has 0 saturated carbocycles. The molecule has 1 radical (unpaired) electrons. The summed E-state index contributed by atoms with van der Waals surface area (Å²) >= 11 is -3.22. The average molecular weight is 1140 g/mol. The fourth-order valence-corrected chi connectivity index (χ4v) is 15.9. The molecule has 0 atom stereocenters. The Morgan fingerprint density at radius 3 is 1.23 bits per heavy atom. The molecule has 79 heavy (non-hydrogen) atoms. The molecular formula is C75H67Ge2N2. The Morgan fingerprint density at radius 1 is 0.405 bits per heavy atom. The van der Waals surface area contributed by atoms with Gasteiger partial charge in [-0.1, -0.05) is 78.9 Å². The molecular weight excluding hydrogens is 1070 g/mol. The molecule has 0 aliphatic carbocycles. The van der Waals surface area contributed by atoms with E-state index in [1.165, 1.54) is 96.1 Å². The van der Waals surface area contributed by atoms with Crippen molar-refractivity contribution >= 4 is 109 Å². The van der Waals surface area contributed by atoms with Crippen LogP contribution in [0.15, 0.2) is 262 Å². The van der Waals surface area contributed by atoms with Gasteiger partial charge in [-0.2, -0.15) is 0 Å². The number of benzene rings is 11. The number of para-hydroxylation sites is 1. The Labute approximate surface area is 474 Å². The number of hydrogen-bond acceptors (Lipinski definition) is 2. The van der Waals surface area contributed by atoms with Crippen molar-refractivity contribution in [1.29, 1.82) is 0 Å². The summed E-state index contributed by atoms with van der Waals surface area (Å²) in [6, 6.07) is 83.6. The Balaban J connectivity index is 1.02. The van der Waals surface area contributed by atoms with Crippen LogP contribution in [0.3, 0.4) is 0 Å². The molecule has 0 aliphatic heterocycles. The van der Waals surface area contributed by atoms with Gasteiger partial charge in [0.1, 0.15) is 0 Å². The molecule has 0 fully saturated rings. The predicted molar refractivity (Wildman–Crippen MR) is 352 cm³/mol. The molecule has 0 unspecified atom stereocenters. The second kappa shape index (κ2) is 22.7. The van der Waals surface area contributed by atoms with Gasteiger partial charge in [0.15, 0.2) is 0 Å². The molecule has 0 spiro atoms. The minimum atomic E-state index is -2.02. The van der Waals surface area contributed by atoms with Crippen LogP contribution in [0.25, 0.3) is 89.0 Å². The van der Waals surface area contributed by atoms with Crippen molar-refractivity contribution in [2.75, 3.05) is 9.80 Å². The van der Waals surface area contributed by atoms with Crippen LogP contribution in [-0.4, -0.2) is 27.6 Å². The van der Waals surface area contributed by atoms with Gasteiger partial charge in [-0.25, -0.2) is 0 Å². The van der Waals surface area contributed by atoms with Crippen molar-refractivity contribution in [3.63, 3.8) is 0 Å². The van der Waals surface area contributed by atoms with E-state index in [1.54, 1.807) is 0 Å². The van der Waals surface area contributed by atoms with Gasteiger partial charge >= 0.3 is 357 Å². The molecule has 385 valence electrons. The monoisotopic (exact) mass is 1140 g/mol. The van der Waals surface area contributed by atoms with E-state index in [0.29, 0.717) is 0 Å². The summed E-state index contributed by atoms with van der Waals surface area (Å²) in [5, 5.41) is 9.81. The van der Waals surface area contributed by atoms with Crippen LogP contribution in [0.1, 0.15) is 13.8 Å². The fraction of sp³-hybridized carbons (Fsp3) is 0.0933. The Hall–Kier alpha value is -8.15. The van der Waals surface area contributed by atoms with E-state index in [2.05, 4.69) is 302 Å². The maximum absolute atomic E-state index is 4.22. The van der Waals surface area contributed by atoms with E-state index in [0.717, 1.165) is 34.1 Å². The first kappa shape index (κ1) is 52.9. The van der Waals surface area contributed by atoms with Gasteiger partial charge in [0.25, 0.3) is 0 Å². The van der Waals surface area contributed by atoms with Gasteiger partial charge < -0.3 is 0 Å². The van der Waals surface area contributed by atoms with Gasteiger partial charge in [-0.05, 0) is 42.2 Å². The van der Waals surface area contributed by atoms with E-state index in [1.807, 2.05) is 18.2 Å². The summed E-state index contributed by atoms with van der Waals surface area (Å²) in [4.78, 5) is 4.64. The zero-order valence-electron chi connectivity index (χ0n) is 46.6. The molecule has 2 nitrogen and oxygen atoms in total. The van der Waals surface area contributed by atoms with Crippen molar-refractivity contribution in [3.05, 3.63) is 272 Å². The van der Waals surface area contributed by atoms with Crippen LogP contribution in [0.5, 0.6) is 0 Å². The molecule has 4 heteroatoms. The van der Waals surface area contributed by atoms with Crippen molar-refractivity contribution < 1.29 is 0 Å². The molecule has 11 rings (SSSR count). The number of hydrogen-bond donors (Lipinski definition) is 0. The summed E-state index contributed by atoms with van der Waals surface area (Å²) < 4.78 is 2.98. The molecule has 0 aromatic heterocycles. The fourth-order valence-electron chi connectivity index (χ4n) is 11.7. The Kier molecular flexibility index (Phi) is 15.2. The number of rotatable bonds is 14. The zero-order chi connectivity index (χ0) is 54.8.